The number of rotatable bonds is 3. The third kappa shape index (κ3) is 1.83. The Labute approximate surface area is 115 Å². The highest BCUT2D eigenvalue weighted by Crippen LogP contribution is 2.42. The molecule has 1 heterocycles. The Balaban J connectivity index is 2.01. The van der Waals surface area contributed by atoms with Crippen LogP contribution in [0.2, 0.25) is 5.02 Å². The maximum Gasteiger partial charge on any atom is 0.256 e. The van der Waals surface area contributed by atoms with E-state index in [2.05, 4.69) is 4.99 Å². The van der Waals surface area contributed by atoms with E-state index in [0.29, 0.717) is 10.7 Å². The first-order valence-electron chi connectivity index (χ1n) is 5.86. The fourth-order valence-corrected chi connectivity index (χ4v) is 2.34. The lowest BCUT2D eigenvalue weighted by Crippen LogP contribution is -2.34. The number of nitrogens with two attached hydrogens (primary N) is 1. The van der Waals surface area contributed by atoms with Crippen LogP contribution in [0.25, 0.3) is 0 Å². The highest BCUT2D eigenvalue weighted by molar-refractivity contribution is 6.32. The molecule has 2 aromatic rings. The summed E-state index contributed by atoms with van der Waals surface area (Å²) in [5, 5.41) is 0.648. The lowest BCUT2D eigenvalue weighted by Gasteiger charge is -2.11. The number of aliphatic imine (C=N–C) groups is 1. The van der Waals surface area contributed by atoms with Gasteiger partial charge in [0.1, 0.15) is 0 Å². The lowest BCUT2D eigenvalue weighted by atomic mass is 9.90. The smallest absolute Gasteiger partial charge is 0.256 e. The summed E-state index contributed by atoms with van der Waals surface area (Å²) in [6, 6.07) is 16.6. The quantitative estimate of drug-likeness (QED) is 0.915. The molecule has 0 aromatic heterocycles. The van der Waals surface area contributed by atoms with E-state index in [4.69, 9.17) is 17.3 Å². The van der Waals surface area contributed by atoms with Crippen LogP contribution in [0.3, 0.4) is 0 Å². The number of nitrogens with zero attached hydrogens (tertiary/aromatic N) is 1. The van der Waals surface area contributed by atoms with Crippen molar-refractivity contribution >= 4 is 23.2 Å². The molecular formula is C15H11ClN2O. The second-order valence-electron chi connectivity index (χ2n) is 4.41. The van der Waals surface area contributed by atoms with Gasteiger partial charge in [0, 0.05) is 5.02 Å². The summed E-state index contributed by atoms with van der Waals surface area (Å²) in [4.78, 5) is 16.2. The molecule has 3 nitrogen and oxygen atoms in total. The standard InChI is InChI=1S/C15H11ClN2O/c16-12-8-6-10(7-9-12)13-15(18-13,14(17)19)11-4-2-1-3-5-11/h1-9H,(H2,17,19). The topological polar surface area (TPSA) is 55.5 Å². The van der Waals surface area contributed by atoms with Gasteiger partial charge >= 0.3 is 0 Å². The van der Waals surface area contributed by atoms with Gasteiger partial charge in [0.2, 0.25) is 5.54 Å². The Bertz CT molecular complexity index is 664. The van der Waals surface area contributed by atoms with Gasteiger partial charge in [-0.25, -0.2) is 0 Å². The Morgan fingerprint density at radius 3 is 2.26 bits per heavy atom. The van der Waals surface area contributed by atoms with E-state index in [9.17, 15) is 4.79 Å². The van der Waals surface area contributed by atoms with Crippen molar-refractivity contribution in [2.24, 2.45) is 10.7 Å². The largest absolute Gasteiger partial charge is 0.367 e. The summed E-state index contributed by atoms with van der Waals surface area (Å²) in [5.74, 6) is -0.455. The lowest BCUT2D eigenvalue weighted by molar-refractivity contribution is -0.120. The molecule has 2 N–H and O–H groups in total. The molecular weight excluding hydrogens is 260 g/mol. The fourth-order valence-electron chi connectivity index (χ4n) is 2.22. The third-order valence-corrected chi connectivity index (χ3v) is 3.49. The van der Waals surface area contributed by atoms with Crippen molar-refractivity contribution in [2.45, 2.75) is 5.54 Å². The van der Waals surface area contributed by atoms with Gasteiger partial charge in [-0.05, 0) is 23.3 Å². The van der Waals surface area contributed by atoms with E-state index >= 15 is 0 Å². The highest BCUT2D eigenvalue weighted by atomic mass is 35.5. The van der Waals surface area contributed by atoms with Crippen LogP contribution in [0.1, 0.15) is 11.1 Å². The number of benzene rings is 2. The van der Waals surface area contributed by atoms with E-state index in [1.807, 2.05) is 42.5 Å². The van der Waals surface area contributed by atoms with E-state index in [0.717, 1.165) is 11.1 Å². The first-order chi connectivity index (χ1) is 9.14. The Morgan fingerprint density at radius 1 is 1.05 bits per heavy atom. The first-order valence-corrected chi connectivity index (χ1v) is 6.24. The molecule has 0 saturated heterocycles. The molecule has 94 valence electrons. The SMILES string of the molecule is NC(=O)C1(c2ccccc2)N=C1c1ccc(Cl)cc1. The zero-order chi connectivity index (χ0) is 13.5. The number of primary amides is 1. The molecule has 19 heavy (non-hydrogen) atoms. The van der Waals surface area contributed by atoms with Crippen molar-refractivity contribution in [1.82, 2.24) is 0 Å². The number of halogens is 1. The van der Waals surface area contributed by atoms with Gasteiger partial charge in [-0.1, -0.05) is 54.1 Å². The number of hydrogen-bond acceptors (Lipinski definition) is 2. The van der Waals surface area contributed by atoms with E-state index in [1.165, 1.54) is 0 Å². The van der Waals surface area contributed by atoms with Crippen LogP contribution in [0, 0.1) is 0 Å². The van der Waals surface area contributed by atoms with Crippen LogP contribution >= 0.6 is 11.6 Å². The van der Waals surface area contributed by atoms with Gasteiger partial charge in [0.05, 0.1) is 5.71 Å². The average molecular weight is 271 g/mol. The molecule has 2 aromatic carbocycles. The summed E-state index contributed by atoms with van der Waals surface area (Å²) in [6.45, 7) is 0. The van der Waals surface area contributed by atoms with Gasteiger partial charge in [0.25, 0.3) is 5.91 Å². The molecule has 0 spiro atoms. The predicted molar refractivity (Wildman–Crippen MR) is 75.3 cm³/mol. The van der Waals surface area contributed by atoms with Crippen molar-refractivity contribution < 1.29 is 4.79 Å². The van der Waals surface area contributed by atoms with E-state index in [1.54, 1.807) is 12.1 Å². The third-order valence-electron chi connectivity index (χ3n) is 3.24. The molecule has 0 radical (unpaired) electrons. The Morgan fingerprint density at radius 2 is 1.68 bits per heavy atom. The number of carbonyl (C=O) groups excluding carboxylic acids is 1. The molecule has 1 unspecified atom stereocenters. The van der Waals surface area contributed by atoms with Gasteiger partial charge in [-0.15, -0.1) is 0 Å². The van der Waals surface area contributed by atoms with Crippen molar-refractivity contribution in [3.8, 4) is 0 Å². The first kappa shape index (κ1) is 11.9. The zero-order valence-corrected chi connectivity index (χ0v) is 10.8. The van der Waals surface area contributed by atoms with Crippen molar-refractivity contribution in [2.75, 3.05) is 0 Å². The monoisotopic (exact) mass is 270 g/mol. The molecule has 0 bridgehead atoms. The van der Waals surface area contributed by atoms with Crippen LogP contribution in [-0.4, -0.2) is 11.6 Å². The van der Waals surface area contributed by atoms with Crippen LogP contribution < -0.4 is 5.73 Å². The predicted octanol–water partition coefficient (Wildman–Crippen LogP) is 2.52. The number of carbonyl (C=O) groups is 1. The van der Waals surface area contributed by atoms with Gasteiger partial charge < -0.3 is 5.73 Å². The van der Waals surface area contributed by atoms with Gasteiger partial charge in [0.15, 0.2) is 0 Å². The molecule has 0 aliphatic carbocycles. The molecule has 1 atom stereocenters. The van der Waals surface area contributed by atoms with Crippen LogP contribution in [-0.2, 0) is 10.3 Å². The van der Waals surface area contributed by atoms with E-state index < -0.39 is 11.4 Å². The molecule has 0 saturated carbocycles. The van der Waals surface area contributed by atoms with Crippen LogP contribution in [0.15, 0.2) is 59.6 Å². The van der Waals surface area contributed by atoms with Crippen molar-refractivity contribution in [3.63, 3.8) is 0 Å². The van der Waals surface area contributed by atoms with Crippen LogP contribution in [0.4, 0.5) is 0 Å². The van der Waals surface area contributed by atoms with Crippen molar-refractivity contribution in [1.29, 1.82) is 0 Å². The fraction of sp³-hybridized carbons (Fsp3) is 0.0667. The van der Waals surface area contributed by atoms with E-state index in [-0.39, 0.29) is 0 Å². The summed E-state index contributed by atoms with van der Waals surface area (Å²) in [6.07, 6.45) is 0. The second kappa shape index (κ2) is 4.21. The normalized spacial score (nSPS) is 20.8. The minimum Gasteiger partial charge on any atom is -0.367 e. The Hall–Kier alpha value is -2.13. The summed E-state index contributed by atoms with van der Waals surface area (Å²) < 4.78 is 0. The Kier molecular flexibility index (Phi) is 2.64. The summed E-state index contributed by atoms with van der Waals surface area (Å²) >= 11 is 5.86. The molecule has 1 aliphatic rings. The van der Waals surface area contributed by atoms with Gasteiger partial charge in [-0.3, -0.25) is 9.79 Å². The summed E-state index contributed by atoms with van der Waals surface area (Å²) in [5.41, 5.74) is 6.90. The highest BCUT2D eigenvalue weighted by Gasteiger charge is 2.54. The maximum absolute atomic E-state index is 11.8. The molecule has 3 rings (SSSR count). The molecule has 1 aliphatic heterocycles. The number of amides is 1. The zero-order valence-electron chi connectivity index (χ0n) is 10.0. The maximum atomic E-state index is 11.8. The number of hydrogen-bond donors (Lipinski definition) is 1. The van der Waals surface area contributed by atoms with Gasteiger partial charge in [-0.2, -0.15) is 0 Å². The molecule has 4 heteroatoms. The summed E-state index contributed by atoms with van der Waals surface area (Å²) in [7, 11) is 0. The average Bonchev–Trinajstić information content (AvgIpc) is 3.17. The minimum absolute atomic E-state index is 0.455. The van der Waals surface area contributed by atoms with Crippen LogP contribution in [0.5, 0.6) is 0 Å². The van der Waals surface area contributed by atoms with Crippen molar-refractivity contribution in [3.05, 3.63) is 70.7 Å². The molecule has 0 fully saturated rings. The minimum atomic E-state index is -1.00. The molecule has 1 amide bonds. The second-order valence-corrected chi connectivity index (χ2v) is 4.84.